The Kier molecular flexibility index (Phi) is 6.93. The Bertz CT molecular complexity index is 1090. The van der Waals surface area contributed by atoms with Gasteiger partial charge in [-0.1, -0.05) is 6.07 Å². The minimum absolute atomic E-state index is 0.345. The predicted octanol–water partition coefficient (Wildman–Crippen LogP) is 1.95. The van der Waals surface area contributed by atoms with Gasteiger partial charge in [0.2, 0.25) is 25.8 Å². The average Bonchev–Trinajstić information content (AvgIpc) is 2.67. The van der Waals surface area contributed by atoms with Gasteiger partial charge in [0.15, 0.2) is 0 Å². The molecule has 0 heterocycles. The van der Waals surface area contributed by atoms with E-state index in [2.05, 4.69) is 5.32 Å². The summed E-state index contributed by atoms with van der Waals surface area (Å²) in [6, 6.07) is 9.79. The number of halogens is 2. The van der Waals surface area contributed by atoms with Crippen molar-refractivity contribution >= 4 is 31.5 Å². The highest BCUT2D eigenvalue weighted by Gasteiger charge is 2.28. The maximum absolute atomic E-state index is 12.6. The van der Waals surface area contributed by atoms with Gasteiger partial charge in [-0.2, -0.15) is 13.1 Å². The molecule has 0 aliphatic heterocycles. The van der Waals surface area contributed by atoms with Crippen LogP contribution in [-0.2, 0) is 24.7 Å². The van der Waals surface area contributed by atoms with Crippen LogP contribution in [0.2, 0.25) is 0 Å². The minimum Gasteiger partial charge on any atom is -0.497 e. The lowest BCUT2D eigenvalue weighted by molar-refractivity contribution is -0.116. The first kappa shape index (κ1) is 22.7. The van der Waals surface area contributed by atoms with E-state index in [-0.39, 0.29) is 4.90 Å². The molecule has 0 spiro atoms. The Labute approximate surface area is 167 Å². The van der Waals surface area contributed by atoms with Crippen LogP contribution in [0.25, 0.3) is 0 Å². The number of sulfonamides is 1. The molecular formula is C17H18F2N2O6S2. The average molecular weight is 448 g/mol. The van der Waals surface area contributed by atoms with Gasteiger partial charge in [-0.3, -0.25) is 4.79 Å². The molecule has 1 N–H and O–H groups in total. The SMILES string of the molecule is COc1cccc(NC(=O)CN(C)S(=O)(=O)c2ccc(S(=O)(=O)C(F)F)cc2)c1. The molecule has 2 aromatic carbocycles. The van der Waals surface area contributed by atoms with Crippen LogP contribution >= 0.6 is 0 Å². The van der Waals surface area contributed by atoms with Crippen LogP contribution in [-0.4, -0.2) is 53.5 Å². The zero-order valence-electron chi connectivity index (χ0n) is 15.4. The van der Waals surface area contributed by atoms with Crippen molar-refractivity contribution in [3.05, 3.63) is 48.5 Å². The van der Waals surface area contributed by atoms with Crippen molar-refractivity contribution < 1.29 is 35.1 Å². The summed E-state index contributed by atoms with van der Waals surface area (Å²) >= 11 is 0. The fraction of sp³-hybridized carbons (Fsp3) is 0.235. The van der Waals surface area contributed by atoms with Gasteiger partial charge in [-0.15, -0.1) is 0 Å². The van der Waals surface area contributed by atoms with Crippen LogP contribution in [0.15, 0.2) is 58.3 Å². The number of sulfone groups is 1. The summed E-state index contributed by atoms with van der Waals surface area (Å²) in [5.41, 5.74) is 0.404. The molecule has 0 fully saturated rings. The van der Waals surface area contributed by atoms with E-state index in [4.69, 9.17) is 4.74 Å². The van der Waals surface area contributed by atoms with E-state index < -0.39 is 43.0 Å². The molecule has 0 bridgehead atoms. The third-order valence-electron chi connectivity index (χ3n) is 3.81. The number of ether oxygens (including phenoxy) is 1. The fourth-order valence-corrected chi connectivity index (χ4v) is 4.12. The molecule has 0 saturated carbocycles. The van der Waals surface area contributed by atoms with Crippen LogP contribution in [0, 0.1) is 0 Å². The number of methoxy groups -OCH3 is 1. The van der Waals surface area contributed by atoms with E-state index in [1.807, 2.05) is 0 Å². The summed E-state index contributed by atoms with van der Waals surface area (Å²) in [6.45, 7) is -0.531. The van der Waals surface area contributed by atoms with Gasteiger partial charge in [-0.05, 0) is 36.4 Å². The van der Waals surface area contributed by atoms with Crippen molar-refractivity contribution in [2.45, 2.75) is 15.5 Å². The molecule has 0 aliphatic carbocycles. The van der Waals surface area contributed by atoms with E-state index in [0.29, 0.717) is 11.4 Å². The topological polar surface area (TPSA) is 110 Å². The zero-order chi connectivity index (χ0) is 21.8. The molecule has 0 unspecified atom stereocenters. The monoisotopic (exact) mass is 448 g/mol. The number of alkyl halides is 2. The lowest BCUT2D eigenvalue weighted by atomic mass is 10.3. The van der Waals surface area contributed by atoms with E-state index in [1.54, 1.807) is 24.3 Å². The standard InChI is InChI=1S/C17H18F2N2O6S2/c1-21(11-16(22)20-12-4-3-5-13(10-12)27-2)29(25,26)15-8-6-14(7-9-15)28(23,24)17(18)19/h3-10,17H,11H2,1-2H3,(H,20,22). The molecule has 0 atom stereocenters. The normalized spacial score (nSPS) is 12.2. The lowest BCUT2D eigenvalue weighted by Crippen LogP contribution is -2.35. The van der Waals surface area contributed by atoms with Gasteiger partial charge in [0.1, 0.15) is 5.75 Å². The Balaban J connectivity index is 2.13. The van der Waals surface area contributed by atoms with Crippen molar-refractivity contribution in [2.75, 3.05) is 26.0 Å². The van der Waals surface area contributed by atoms with Crippen LogP contribution in [0.5, 0.6) is 5.75 Å². The number of likely N-dealkylation sites (N-methyl/N-ethyl adjacent to an activating group) is 1. The van der Waals surface area contributed by atoms with Gasteiger partial charge in [-0.25, -0.2) is 16.8 Å². The van der Waals surface area contributed by atoms with Gasteiger partial charge in [0.05, 0.1) is 23.4 Å². The molecule has 0 saturated heterocycles. The van der Waals surface area contributed by atoms with Crippen LogP contribution in [0.3, 0.4) is 0 Å². The summed E-state index contributed by atoms with van der Waals surface area (Å²) in [4.78, 5) is 11.1. The van der Waals surface area contributed by atoms with Crippen molar-refractivity contribution in [3.63, 3.8) is 0 Å². The quantitative estimate of drug-likeness (QED) is 0.661. The van der Waals surface area contributed by atoms with Gasteiger partial charge < -0.3 is 10.1 Å². The molecule has 1 amide bonds. The van der Waals surface area contributed by atoms with Crippen molar-refractivity contribution in [2.24, 2.45) is 0 Å². The number of benzene rings is 2. The smallest absolute Gasteiger partial charge is 0.341 e. The fourth-order valence-electron chi connectivity index (χ4n) is 2.27. The number of carbonyl (C=O) groups excluding carboxylic acids is 1. The maximum Gasteiger partial charge on any atom is 0.341 e. The summed E-state index contributed by atoms with van der Waals surface area (Å²) in [6.07, 6.45) is 0. The first-order valence-corrected chi connectivity index (χ1v) is 11.0. The van der Waals surface area contributed by atoms with E-state index >= 15 is 0 Å². The van der Waals surface area contributed by atoms with Gasteiger partial charge in [0.25, 0.3) is 0 Å². The van der Waals surface area contributed by atoms with Crippen LogP contribution in [0.1, 0.15) is 0 Å². The van der Waals surface area contributed by atoms with Gasteiger partial charge >= 0.3 is 5.76 Å². The van der Waals surface area contributed by atoms with Crippen LogP contribution in [0.4, 0.5) is 14.5 Å². The molecule has 2 aromatic rings. The molecule has 0 radical (unpaired) electrons. The second kappa shape index (κ2) is 8.84. The largest absolute Gasteiger partial charge is 0.497 e. The first-order valence-electron chi connectivity index (χ1n) is 8.01. The lowest BCUT2D eigenvalue weighted by Gasteiger charge is -2.17. The number of hydrogen-bond donors (Lipinski definition) is 1. The van der Waals surface area contributed by atoms with E-state index in [1.165, 1.54) is 7.11 Å². The minimum atomic E-state index is -4.83. The number of rotatable bonds is 8. The molecule has 8 nitrogen and oxygen atoms in total. The molecule has 158 valence electrons. The summed E-state index contributed by atoms with van der Waals surface area (Å²) in [5.74, 6) is -3.74. The second-order valence-electron chi connectivity index (χ2n) is 5.82. The maximum atomic E-state index is 12.6. The molecule has 0 aliphatic rings. The zero-order valence-corrected chi connectivity index (χ0v) is 17.0. The summed E-state index contributed by atoms with van der Waals surface area (Å²) in [5, 5.41) is 2.52. The van der Waals surface area contributed by atoms with Crippen molar-refractivity contribution in [1.29, 1.82) is 0 Å². The molecule has 12 heteroatoms. The third-order valence-corrected chi connectivity index (χ3v) is 7.03. The highest BCUT2D eigenvalue weighted by molar-refractivity contribution is 7.91. The van der Waals surface area contributed by atoms with E-state index in [0.717, 1.165) is 35.6 Å². The number of nitrogens with one attached hydrogen (secondary N) is 1. The predicted molar refractivity (Wildman–Crippen MR) is 101 cm³/mol. The Morgan fingerprint density at radius 1 is 1.07 bits per heavy atom. The van der Waals surface area contributed by atoms with Crippen molar-refractivity contribution in [3.8, 4) is 5.75 Å². The van der Waals surface area contributed by atoms with Crippen LogP contribution < -0.4 is 10.1 Å². The molecule has 0 aromatic heterocycles. The number of nitrogens with zero attached hydrogens (tertiary/aromatic N) is 1. The Hall–Kier alpha value is -2.57. The Morgan fingerprint density at radius 2 is 1.66 bits per heavy atom. The molecule has 29 heavy (non-hydrogen) atoms. The molecular weight excluding hydrogens is 430 g/mol. The number of hydrogen-bond acceptors (Lipinski definition) is 6. The highest BCUT2D eigenvalue weighted by atomic mass is 32.2. The van der Waals surface area contributed by atoms with Crippen molar-refractivity contribution in [1.82, 2.24) is 4.31 Å². The number of amides is 1. The molecule has 2 rings (SSSR count). The number of anilines is 1. The highest BCUT2D eigenvalue weighted by Crippen LogP contribution is 2.22. The third kappa shape index (κ3) is 5.28. The second-order valence-corrected chi connectivity index (χ2v) is 9.78. The summed E-state index contributed by atoms with van der Waals surface area (Å²) in [7, 11) is -6.38. The first-order chi connectivity index (χ1) is 13.5. The summed E-state index contributed by atoms with van der Waals surface area (Å²) < 4.78 is 78.8. The number of carbonyl (C=O) groups is 1. The van der Waals surface area contributed by atoms with E-state index in [9.17, 15) is 30.4 Å². The Morgan fingerprint density at radius 3 is 2.21 bits per heavy atom. The van der Waals surface area contributed by atoms with Gasteiger partial charge in [0, 0.05) is 18.8 Å².